The summed E-state index contributed by atoms with van der Waals surface area (Å²) < 4.78 is 16.2. The van der Waals surface area contributed by atoms with Crippen LogP contribution in [0.15, 0.2) is 22.6 Å². The summed E-state index contributed by atoms with van der Waals surface area (Å²) in [6.45, 7) is 10.9. The summed E-state index contributed by atoms with van der Waals surface area (Å²) in [5.41, 5.74) is 0.0211. The summed E-state index contributed by atoms with van der Waals surface area (Å²) in [4.78, 5) is 24.9. The number of benzene rings is 1. The van der Waals surface area contributed by atoms with Crippen molar-refractivity contribution in [1.82, 2.24) is 0 Å². The van der Waals surface area contributed by atoms with Crippen molar-refractivity contribution in [2.45, 2.75) is 41.5 Å². The van der Waals surface area contributed by atoms with Crippen LogP contribution in [-0.4, -0.2) is 25.5 Å². The number of carbonyl (C=O) groups is 2. The van der Waals surface area contributed by atoms with E-state index in [2.05, 4.69) is 0 Å². The fourth-order valence-corrected chi connectivity index (χ4v) is 2.91. The first-order chi connectivity index (χ1) is 11.5. The van der Waals surface area contributed by atoms with Crippen molar-refractivity contribution < 1.29 is 23.5 Å². The largest absolute Gasteiger partial charge is 0.497 e. The van der Waals surface area contributed by atoms with E-state index in [4.69, 9.17) is 13.9 Å². The maximum Gasteiger partial charge on any atom is 0.374 e. The zero-order valence-corrected chi connectivity index (χ0v) is 16.0. The van der Waals surface area contributed by atoms with Gasteiger partial charge >= 0.3 is 5.97 Å². The molecule has 2 rings (SSSR count). The highest BCUT2D eigenvalue weighted by Crippen LogP contribution is 2.31. The molecule has 1 heterocycles. The Bertz CT molecular complexity index is 805. The van der Waals surface area contributed by atoms with Gasteiger partial charge in [-0.1, -0.05) is 20.8 Å². The molecule has 0 radical (unpaired) electrons. The van der Waals surface area contributed by atoms with Crippen molar-refractivity contribution in [3.05, 3.63) is 29.5 Å². The van der Waals surface area contributed by atoms with Gasteiger partial charge in [-0.15, -0.1) is 0 Å². The van der Waals surface area contributed by atoms with Crippen LogP contribution in [-0.2, 0) is 9.53 Å². The molecule has 136 valence electrons. The number of esters is 1. The summed E-state index contributed by atoms with van der Waals surface area (Å²) in [5.74, 6) is 0.316. The molecule has 0 bridgehead atoms. The molecule has 5 nitrogen and oxygen atoms in total. The van der Waals surface area contributed by atoms with Gasteiger partial charge < -0.3 is 13.9 Å². The maximum absolute atomic E-state index is 12.5. The van der Waals surface area contributed by atoms with Crippen LogP contribution in [0.2, 0.25) is 0 Å². The average Bonchev–Trinajstić information content (AvgIpc) is 2.87. The monoisotopic (exact) mass is 346 g/mol. The lowest BCUT2D eigenvalue weighted by Crippen LogP contribution is -2.38. The fourth-order valence-electron chi connectivity index (χ4n) is 2.91. The van der Waals surface area contributed by atoms with Gasteiger partial charge in [-0.3, -0.25) is 4.79 Å². The Balaban J connectivity index is 2.20. The third kappa shape index (κ3) is 3.86. The molecule has 0 saturated carbocycles. The van der Waals surface area contributed by atoms with Gasteiger partial charge in [0.1, 0.15) is 23.7 Å². The van der Waals surface area contributed by atoms with E-state index in [0.717, 1.165) is 5.39 Å². The summed E-state index contributed by atoms with van der Waals surface area (Å²) in [6, 6.07) is 5.34. The first kappa shape index (κ1) is 19.0. The molecule has 0 aliphatic heterocycles. The highest BCUT2D eigenvalue weighted by Gasteiger charge is 2.37. The molecule has 0 spiro atoms. The van der Waals surface area contributed by atoms with E-state index in [9.17, 15) is 9.59 Å². The van der Waals surface area contributed by atoms with Gasteiger partial charge in [-0.25, -0.2) is 4.79 Å². The maximum atomic E-state index is 12.5. The fraction of sp³-hybridized carbons (Fsp3) is 0.500. The van der Waals surface area contributed by atoms with E-state index in [1.54, 1.807) is 40.0 Å². The highest BCUT2D eigenvalue weighted by atomic mass is 16.5. The lowest BCUT2D eigenvalue weighted by molar-refractivity contribution is -0.137. The van der Waals surface area contributed by atoms with Gasteiger partial charge in [0.05, 0.1) is 12.5 Å². The van der Waals surface area contributed by atoms with Crippen molar-refractivity contribution in [2.75, 3.05) is 13.7 Å². The molecule has 0 amide bonds. The van der Waals surface area contributed by atoms with Crippen LogP contribution in [0.1, 0.15) is 50.7 Å². The number of ketones is 1. The zero-order chi connectivity index (χ0) is 19.0. The second-order valence-electron chi connectivity index (χ2n) is 7.96. The van der Waals surface area contributed by atoms with E-state index in [-0.39, 0.29) is 18.2 Å². The quantitative estimate of drug-likeness (QED) is 0.743. The second-order valence-corrected chi connectivity index (χ2v) is 7.96. The number of Topliss-reactive ketones (excluding diaryl/α,β-unsaturated/α-hetero) is 1. The SMILES string of the molecule is COc1ccc2oc(C(=O)OCC(C)(C)C(=O)C(C)(C)C)c(C)c2c1. The molecule has 0 fully saturated rings. The topological polar surface area (TPSA) is 65.7 Å². The van der Waals surface area contributed by atoms with Gasteiger partial charge in [-0.2, -0.15) is 0 Å². The number of furan rings is 1. The number of rotatable bonds is 5. The predicted octanol–water partition coefficient (Wildman–Crippen LogP) is 4.55. The number of aryl methyl sites for hydroxylation is 1. The van der Waals surface area contributed by atoms with Gasteiger partial charge in [0.2, 0.25) is 5.76 Å². The van der Waals surface area contributed by atoms with Gasteiger partial charge in [-0.05, 0) is 39.0 Å². The number of hydrogen-bond donors (Lipinski definition) is 0. The molecule has 5 heteroatoms. The molecule has 0 saturated heterocycles. The van der Waals surface area contributed by atoms with Crippen LogP contribution in [0.4, 0.5) is 0 Å². The van der Waals surface area contributed by atoms with Crippen LogP contribution < -0.4 is 4.74 Å². The summed E-state index contributed by atoms with van der Waals surface area (Å²) in [6.07, 6.45) is 0. The lowest BCUT2D eigenvalue weighted by Gasteiger charge is -2.30. The molecule has 2 aromatic rings. The number of ether oxygens (including phenoxy) is 2. The molecule has 0 atom stereocenters. The Kier molecular flexibility index (Phi) is 4.98. The lowest BCUT2D eigenvalue weighted by atomic mass is 9.75. The van der Waals surface area contributed by atoms with Crippen LogP contribution in [0, 0.1) is 17.8 Å². The van der Waals surface area contributed by atoms with Crippen molar-refractivity contribution in [3.63, 3.8) is 0 Å². The first-order valence-electron chi connectivity index (χ1n) is 8.26. The van der Waals surface area contributed by atoms with Crippen LogP contribution >= 0.6 is 0 Å². The van der Waals surface area contributed by atoms with E-state index < -0.39 is 16.8 Å². The summed E-state index contributed by atoms with van der Waals surface area (Å²) >= 11 is 0. The molecule has 0 aliphatic carbocycles. The Labute approximate surface area is 148 Å². The van der Waals surface area contributed by atoms with E-state index in [0.29, 0.717) is 16.9 Å². The van der Waals surface area contributed by atoms with E-state index >= 15 is 0 Å². The minimum absolute atomic E-state index is 0.00173. The summed E-state index contributed by atoms with van der Waals surface area (Å²) in [7, 11) is 1.58. The van der Waals surface area contributed by atoms with Crippen molar-refractivity contribution in [2.24, 2.45) is 10.8 Å². The molecular formula is C20H26O5. The molecule has 0 aliphatic rings. The van der Waals surface area contributed by atoms with Crippen LogP contribution in [0.5, 0.6) is 5.75 Å². The van der Waals surface area contributed by atoms with Gasteiger partial charge in [0.25, 0.3) is 0 Å². The predicted molar refractivity (Wildman–Crippen MR) is 96.0 cm³/mol. The smallest absolute Gasteiger partial charge is 0.374 e. The van der Waals surface area contributed by atoms with Gasteiger partial charge in [0.15, 0.2) is 0 Å². The molecule has 1 aromatic carbocycles. The number of carbonyl (C=O) groups excluding carboxylic acids is 2. The van der Waals surface area contributed by atoms with E-state index in [1.807, 2.05) is 26.8 Å². The second kappa shape index (κ2) is 6.54. The first-order valence-corrected chi connectivity index (χ1v) is 8.26. The van der Waals surface area contributed by atoms with Crippen molar-refractivity contribution >= 4 is 22.7 Å². The zero-order valence-electron chi connectivity index (χ0n) is 16.0. The highest BCUT2D eigenvalue weighted by molar-refractivity contribution is 5.96. The number of fused-ring (bicyclic) bond motifs is 1. The molecule has 0 unspecified atom stereocenters. The van der Waals surface area contributed by atoms with Crippen molar-refractivity contribution in [3.8, 4) is 5.75 Å². The number of methoxy groups -OCH3 is 1. The standard InChI is InChI=1S/C20H26O5/c1-12-14-10-13(23-7)8-9-15(14)25-16(12)17(21)24-11-20(5,6)18(22)19(2,3)4/h8-10H,11H2,1-7H3. The van der Waals surface area contributed by atoms with Crippen LogP contribution in [0.3, 0.4) is 0 Å². The molecule has 0 N–H and O–H groups in total. The average molecular weight is 346 g/mol. The van der Waals surface area contributed by atoms with E-state index in [1.165, 1.54) is 0 Å². The Morgan fingerprint density at radius 1 is 1.12 bits per heavy atom. The Hall–Kier alpha value is -2.30. The molecular weight excluding hydrogens is 320 g/mol. The molecule has 25 heavy (non-hydrogen) atoms. The Morgan fingerprint density at radius 3 is 2.32 bits per heavy atom. The minimum Gasteiger partial charge on any atom is -0.497 e. The van der Waals surface area contributed by atoms with Crippen molar-refractivity contribution in [1.29, 1.82) is 0 Å². The molecule has 1 aromatic heterocycles. The number of hydrogen-bond acceptors (Lipinski definition) is 5. The third-order valence-electron chi connectivity index (χ3n) is 4.19. The summed E-state index contributed by atoms with van der Waals surface area (Å²) in [5, 5.41) is 0.802. The normalized spacial score (nSPS) is 12.3. The minimum atomic E-state index is -0.767. The third-order valence-corrected chi connectivity index (χ3v) is 4.19. The van der Waals surface area contributed by atoms with Gasteiger partial charge in [0, 0.05) is 16.4 Å². The Morgan fingerprint density at radius 2 is 1.76 bits per heavy atom. The van der Waals surface area contributed by atoms with Crippen LogP contribution in [0.25, 0.3) is 11.0 Å².